The first kappa shape index (κ1) is 14.7. The van der Waals surface area contributed by atoms with Gasteiger partial charge in [-0.1, -0.05) is 0 Å². The molecule has 5 heteroatoms. The van der Waals surface area contributed by atoms with Gasteiger partial charge in [-0.05, 0) is 48.9 Å². The van der Waals surface area contributed by atoms with Crippen LogP contribution in [0, 0.1) is 6.92 Å². The molecule has 0 radical (unpaired) electrons. The molecule has 0 spiro atoms. The average molecular weight is 286 g/mol. The molecule has 0 unspecified atom stereocenters. The van der Waals surface area contributed by atoms with Crippen LogP contribution in [0.2, 0.25) is 0 Å². The minimum atomic E-state index is -0.274. The van der Waals surface area contributed by atoms with E-state index >= 15 is 0 Å². The summed E-state index contributed by atoms with van der Waals surface area (Å²) in [5.74, 6) is 0.977. The Bertz CT molecular complexity index is 669. The van der Waals surface area contributed by atoms with Gasteiger partial charge in [0.05, 0.1) is 19.8 Å². The van der Waals surface area contributed by atoms with Gasteiger partial charge < -0.3 is 20.5 Å². The summed E-state index contributed by atoms with van der Waals surface area (Å²) in [6.07, 6.45) is 0. The van der Waals surface area contributed by atoms with E-state index in [0.29, 0.717) is 22.7 Å². The molecule has 0 atom stereocenters. The van der Waals surface area contributed by atoms with Crippen LogP contribution in [0.25, 0.3) is 0 Å². The van der Waals surface area contributed by atoms with Crippen molar-refractivity contribution >= 4 is 17.3 Å². The number of nitrogen functional groups attached to an aromatic ring is 1. The topological polar surface area (TPSA) is 73.6 Å². The Morgan fingerprint density at radius 2 is 1.71 bits per heavy atom. The van der Waals surface area contributed by atoms with E-state index in [-0.39, 0.29) is 5.91 Å². The van der Waals surface area contributed by atoms with Crippen molar-refractivity contribution in [1.82, 2.24) is 0 Å². The number of rotatable bonds is 4. The lowest BCUT2D eigenvalue weighted by atomic mass is 10.1. The van der Waals surface area contributed by atoms with Crippen molar-refractivity contribution in [2.75, 3.05) is 25.3 Å². The fourth-order valence-electron chi connectivity index (χ4n) is 2.06. The van der Waals surface area contributed by atoms with Crippen molar-refractivity contribution in [2.24, 2.45) is 0 Å². The van der Waals surface area contributed by atoms with Crippen LogP contribution in [-0.4, -0.2) is 20.1 Å². The number of amides is 1. The zero-order valence-corrected chi connectivity index (χ0v) is 12.3. The Labute approximate surface area is 123 Å². The van der Waals surface area contributed by atoms with Crippen LogP contribution in [0.15, 0.2) is 36.4 Å². The normalized spacial score (nSPS) is 10.0. The van der Waals surface area contributed by atoms with Gasteiger partial charge in [-0.15, -0.1) is 0 Å². The fraction of sp³-hybridized carbons (Fsp3) is 0.188. The number of nitrogens with one attached hydrogen (secondary N) is 1. The maximum atomic E-state index is 12.3. The molecule has 2 aromatic carbocycles. The van der Waals surface area contributed by atoms with Crippen LogP contribution in [-0.2, 0) is 0 Å². The van der Waals surface area contributed by atoms with Gasteiger partial charge in [-0.2, -0.15) is 0 Å². The number of benzene rings is 2. The van der Waals surface area contributed by atoms with E-state index in [2.05, 4.69) is 5.32 Å². The van der Waals surface area contributed by atoms with Gasteiger partial charge >= 0.3 is 0 Å². The number of nitrogens with two attached hydrogens (primary N) is 1. The fourth-order valence-corrected chi connectivity index (χ4v) is 2.06. The third kappa shape index (κ3) is 3.25. The predicted octanol–water partition coefficient (Wildman–Crippen LogP) is 2.85. The number of carbonyl (C=O) groups is 1. The zero-order valence-electron chi connectivity index (χ0n) is 12.3. The summed E-state index contributed by atoms with van der Waals surface area (Å²) in [7, 11) is 3.12. The van der Waals surface area contributed by atoms with Crippen LogP contribution in [0.3, 0.4) is 0 Å². The number of carbonyl (C=O) groups excluding carboxylic acids is 1. The van der Waals surface area contributed by atoms with Crippen molar-refractivity contribution in [2.45, 2.75) is 6.92 Å². The standard InChI is InChI=1S/C16H18N2O3/c1-10-8-12(5-7-14(10)20-2)18-16(19)13-9-11(17)4-6-15(13)21-3/h4-9H,17H2,1-3H3,(H,18,19). The molecule has 5 nitrogen and oxygen atoms in total. The summed E-state index contributed by atoms with van der Waals surface area (Å²) in [5.41, 5.74) is 8.25. The van der Waals surface area contributed by atoms with E-state index in [4.69, 9.17) is 15.2 Å². The molecule has 2 rings (SSSR count). The molecule has 0 fully saturated rings. The number of methoxy groups -OCH3 is 2. The molecule has 21 heavy (non-hydrogen) atoms. The lowest BCUT2D eigenvalue weighted by Gasteiger charge is -2.11. The Hall–Kier alpha value is -2.69. The van der Waals surface area contributed by atoms with Gasteiger partial charge in [0.15, 0.2) is 0 Å². The molecular formula is C16H18N2O3. The second kappa shape index (κ2) is 6.17. The van der Waals surface area contributed by atoms with Crippen LogP contribution in [0.1, 0.15) is 15.9 Å². The molecule has 0 aliphatic carbocycles. The van der Waals surface area contributed by atoms with Crippen molar-refractivity contribution in [3.8, 4) is 11.5 Å². The highest BCUT2D eigenvalue weighted by molar-refractivity contribution is 6.06. The maximum Gasteiger partial charge on any atom is 0.259 e. The summed E-state index contributed by atoms with van der Waals surface area (Å²) in [4.78, 5) is 12.3. The van der Waals surface area contributed by atoms with E-state index in [9.17, 15) is 4.79 Å². The highest BCUT2D eigenvalue weighted by Gasteiger charge is 2.13. The van der Waals surface area contributed by atoms with E-state index in [0.717, 1.165) is 11.3 Å². The van der Waals surface area contributed by atoms with E-state index < -0.39 is 0 Å². The number of anilines is 2. The highest BCUT2D eigenvalue weighted by atomic mass is 16.5. The molecule has 110 valence electrons. The number of hydrogen-bond donors (Lipinski definition) is 2. The Morgan fingerprint density at radius 1 is 1.05 bits per heavy atom. The monoisotopic (exact) mass is 286 g/mol. The highest BCUT2D eigenvalue weighted by Crippen LogP contribution is 2.24. The van der Waals surface area contributed by atoms with Gasteiger partial charge in [0.1, 0.15) is 11.5 Å². The Kier molecular flexibility index (Phi) is 4.33. The lowest BCUT2D eigenvalue weighted by Crippen LogP contribution is -2.13. The lowest BCUT2D eigenvalue weighted by molar-refractivity contribution is 0.102. The second-order valence-electron chi connectivity index (χ2n) is 4.60. The maximum absolute atomic E-state index is 12.3. The van der Waals surface area contributed by atoms with Gasteiger partial charge in [-0.3, -0.25) is 4.79 Å². The van der Waals surface area contributed by atoms with E-state index in [1.54, 1.807) is 31.4 Å². The number of ether oxygens (including phenoxy) is 2. The first-order chi connectivity index (χ1) is 10.0. The summed E-state index contributed by atoms with van der Waals surface area (Å²) in [6, 6.07) is 10.4. The van der Waals surface area contributed by atoms with E-state index in [1.165, 1.54) is 7.11 Å². The van der Waals surface area contributed by atoms with Crippen molar-refractivity contribution in [3.05, 3.63) is 47.5 Å². The molecule has 2 aromatic rings. The molecule has 1 amide bonds. The quantitative estimate of drug-likeness (QED) is 0.848. The molecule has 0 heterocycles. The van der Waals surface area contributed by atoms with Gasteiger partial charge in [-0.25, -0.2) is 0 Å². The van der Waals surface area contributed by atoms with Crippen LogP contribution in [0.4, 0.5) is 11.4 Å². The average Bonchev–Trinajstić information content (AvgIpc) is 2.47. The van der Waals surface area contributed by atoms with Crippen LogP contribution in [0.5, 0.6) is 11.5 Å². The Balaban J connectivity index is 2.26. The zero-order chi connectivity index (χ0) is 15.4. The SMILES string of the molecule is COc1ccc(NC(=O)c2cc(N)ccc2OC)cc1C. The third-order valence-electron chi connectivity index (χ3n) is 3.12. The largest absolute Gasteiger partial charge is 0.496 e. The molecule has 0 aliphatic heterocycles. The smallest absolute Gasteiger partial charge is 0.259 e. The summed E-state index contributed by atoms with van der Waals surface area (Å²) < 4.78 is 10.4. The predicted molar refractivity (Wildman–Crippen MR) is 83.1 cm³/mol. The second-order valence-corrected chi connectivity index (χ2v) is 4.60. The van der Waals surface area contributed by atoms with Crippen LogP contribution < -0.4 is 20.5 Å². The molecule has 0 aromatic heterocycles. The van der Waals surface area contributed by atoms with Crippen molar-refractivity contribution < 1.29 is 14.3 Å². The first-order valence-corrected chi connectivity index (χ1v) is 6.44. The van der Waals surface area contributed by atoms with Crippen LogP contribution >= 0.6 is 0 Å². The Morgan fingerprint density at radius 3 is 2.33 bits per heavy atom. The van der Waals surface area contributed by atoms with E-state index in [1.807, 2.05) is 19.1 Å². The molecule has 0 saturated carbocycles. The van der Waals surface area contributed by atoms with Gasteiger partial charge in [0.25, 0.3) is 5.91 Å². The van der Waals surface area contributed by atoms with Gasteiger partial charge in [0.2, 0.25) is 0 Å². The number of hydrogen-bond acceptors (Lipinski definition) is 4. The number of aryl methyl sites for hydroxylation is 1. The summed E-state index contributed by atoms with van der Waals surface area (Å²) in [6.45, 7) is 1.91. The summed E-state index contributed by atoms with van der Waals surface area (Å²) in [5, 5.41) is 2.82. The van der Waals surface area contributed by atoms with Crippen molar-refractivity contribution in [3.63, 3.8) is 0 Å². The first-order valence-electron chi connectivity index (χ1n) is 6.44. The minimum Gasteiger partial charge on any atom is -0.496 e. The molecule has 0 bridgehead atoms. The van der Waals surface area contributed by atoms with Gasteiger partial charge in [0, 0.05) is 11.4 Å². The molecule has 0 aliphatic rings. The van der Waals surface area contributed by atoms with Crippen molar-refractivity contribution in [1.29, 1.82) is 0 Å². The molecular weight excluding hydrogens is 268 g/mol. The molecule has 3 N–H and O–H groups in total. The molecule has 0 saturated heterocycles. The third-order valence-corrected chi connectivity index (χ3v) is 3.12. The summed E-state index contributed by atoms with van der Waals surface area (Å²) >= 11 is 0. The minimum absolute atomic E-state index is 0.274.